The first-order chi connectivity index (χ1) is 8.67. The highest BCUT2D eigenvalue weighted by Crippen LogP contribution is 2.31. The van der Waals surface area contributed by atoms with Crippen molar-refractivity contribution < 1.29 is 14.6 Å². The molecule has 0 spiro atoms. The smallest absolute Gasteiger partial charge is 0.136 e. The van der Waals surface area contributed by atoms with Crippen molar-refractivity contribution in [2.45, 2.75) is 64.9 Å². The van der Waals surface area contributed by atoms with E-state index in [0.29, 0.717) is 37.8 Å². The summed E-state index contributed by atoms with van der Waals surface area (Å²) in [6.45, 7) is 5.39. The molecule has 1 aliphatic carbocycles. The molecule has 3 nitrogen and oxygen atoms in total. The first-order valence-electron chi connectivity index (χ1n) is 7.45. The molecule has 1 fully saturated rings. The fraction of sp³-hybridized carbons (Fsp3) is 0.933. The van der Waals surface area contributed by atoms with Gasteiger partial charge in [-0.3, -0.25) is 4.79 Å². The molecule has 3 unspecified atom stereocenters. The van der Waals surface area contributed by atoms with E-state index in [4.69, 9.17) is 4.74 Å². The number of aliphatic hydroxyl groups is 1. The maximum atomic E-state index is 11.8. The molecule has 3 atom stereocenters. The summed E-state index contributed by atoms with van der Waals surface area (Å²) in [6.07, 6.45) is 6.09. The van der Waals surface area contributed by atoms with E-state index in [9.17, 15) is 9.90 Å². The molecule has 0 radical (unpaired) electrons. The van der Waals surface area contributed by atoms with Crippen LogP contribution in [0.25, 0.3) is 0 Å². The van der Waals surface area contributed by atoms with Crippen LogP contribution in [0.1, 0.15) is 58.8 Å². The van der Waals surface area contributed by atoms with Gasteiger partial charge in [-0.25, -0.2) is 0 Å². The second kappa shape index (κ2) is 8.65. The van der Waals surface area contributed by atoms with Crippen molar-refractivity contribution in [2.75, 3.05) is 13.2 Å². The number of carbonyl (C=O) groups excluding carboxylic acids is 1. The van der Waals surface area contributed by atoms with Gasteiger partial charge < -0.3 is 9.84 Å². The van der Waals surface area contributed by atoms with Gasteiger partial charge in [0.25, 0.3) is 0 Å². The Kier molecular flexibility index (Phi) is 7.52. The van der Waals surface area contributed by atoms with E-state index in [-0.39, 0.29) is 5.92 Å². The number of aliphatic hydroxyl groups excluding tert-OH is 1. The van der Waals surface area contributed by atoms with Crippen LogP contribution in [0.2, 0.25) is 0 Å². The summed E-state index contributed by atoms with van der Waals surface area (Å²) in [5.41, 5.74) is 0. The van der Waals surface area contributed by atoms with Gasteiger partial charge in [-0.15, -0.1) is 0 Å². The number of rotatable bonds is 8. The number of ether oxygens (including phenoxy) is 1. The van der Waals surface area contributed by atoms with Crippen LogP contribution in [0, 0.1) is 11.8 Å². The molecule has 1 saturated carbocycles. The molecule has 0 amide bonds. The lowest BCUT2D eigenvalue weighted by Gasteiger charge is -2.28. The maximum Gasteiger partial charge on any atom is 0.136 e. The molecular formula is C15H28O3. The minimum Gasteiger partial charge on any atom is -0.391 e. The lowest BCUT2D eigenvalue weighted by molar-refractivity contribution is -0.127. The van der Waals surface area contributed by atoms with E-state index in [1.54, 1.807) is 0 Å². The zero-order valence-electron chi connectivity index (χ0n) is 11.9. The predicted molar refractivity (Wildman–Crippen MR) is 72.5 cm³/mol. The average molecular weight is 256 g/mol. The highest BCUT2D eigenvalue weighted by Gasteiger charge is 2.29. The van der Waals surface area contributed by atoms with Gasteiger partial charge in [-0.2, -0.15) is 0 Å². The second-order valence-corrected chi connectivity index (χ2v) is 5.53. The SMILES string of the molecule is CCCCOCC(O)CC1CC(CC)CCC1=O. The molecule has 1 aliphatic rings. The predicted octanol–water partition coefficient (Wildman–Crippen LogP) is 2.95. The number of carbonyl (C=O) groups is 1. The quantitative estimate of drug-likeness (QED) is 0.679. The van der Waals surface area contributed by atoms with Crippen LogP contribution in [0.4, 0.5) is 0 Å². The summed E-state index contributed by atoms with van der Waals surface area (Å²) in [6, 6.07) is 0. The van der Waals surface area contributed by atoms with Crippen LogP contribution in [0.5, 0.6) is 0 Å². The Hall–Kier alpha value is -0.410. The van der Waals surface area contributed by atoms with Gasteiger partial charge in [0, 0.05) is 18.9 Å². The van der Waals surface area contributed by atoms with Crippen molar-refractivity contribution >= 4 is 5.78 Å². The molecule has 0 heterocycles. The largest absolute Gasteiger partial charge is 0.391 e. The maximum absolute atomic E-state index is 11.8. The first kappa shape index (κ1) is 15.6. The normalized spacial score (nSPS) is 26.3. The van der Waals surface area contributed by atoms with Gasteiger partial charge in [0.05, 0.1) is 12.7 Å². The van der Waals surface area contributed by atoms with Crippen molar-refractivity contribution in [2.24, 2.45) is 11.8 Å². The molecule has 0 aromatic rings. The van der Waals surface area contributed by atoms with Gasteiger partial charge in [-0.05, 0) is 31.6 Å². The number of Topliss-reactive ketones (excluding diaryl/α,β-unsaturated/α-hetero) is 1. The summed E-state index contributed by atoms with van der Waals surface area (Å²) in [5, 5.41) is 9.90. The highest BCUT2D eigenvalue weighted by atomic mass is 16.5. The van der Waals surface area contributed by atoms with E-state index >= 15 is 0 Å². The molecule has 1 rings (SSSR count). The van der Waals surface area contributed by atoms with Gasteiger partial charge in [0.1, 0.15) is 5.78 Å². The van der Waals surface area contributed by atoms with Crippen LogP contribution in [0.3, 0.4) is 0 Å². The van der Waals surface area contributed by atoms with E-state index in [0.717, 1.165) is 32.1 Å². The molecule has 18 heavy (non-hydrogen) atoms. The Morgan fingerprint density at radius 2 is 2.22 bits per heavy atom. The molecule has 0 aliphatic heterocycles. The molecular weight excluding hydrogens is 228 g/mol. The Bertz CT molecular complexity index is 240. The van der Waals surface area contributed by atoms with E-state index in [1.165, 1.54) is 0 Å². The minimum absolute atomic E-state index is 0.0634. The van der Waals surface area contributed by atoms with Crippen molar-refractivity contribution in [3.63, 3.8) is 0 Å². The first-order valence-corrected chi connectivity index (χ1v) is 7.45. The van der Waals surface area contributed by atoms with Crippen molar-refractivity contribution in [1.29, 1.82) is 0 Å². The van der Waals surface area contributed by atoms with Gasteiger partial charge in [0.2, 0.25) is 0 Å². The Morgan fingerprint density at radius 1 is 1.44 bits per heavy atom. The van der Waals surface area contributed by atoms with Crippen LogP contribution in [0.15, 0.2) is 0 Å². The lowest BCUT2D eigenvalue weighted by atomic mass is 9.77. The molecule has 0 saturated heterocycles. The van der Waals surface area contributed by atoms with E-state index in [2.05, 4.69) is 13.8 Å². The van der Waals surface area contributed by atoms with Gasteiger partial charge >= 0.3 is 0 Å². The van der Waals surface area contributed by atoms with Crippen LogP contribution in [-0.2, 0) is 9.53 Å². The number of hydrogen-bond donors (Lipinski definition) is 1. The molecule has 1 N–H and O–H groups in total. The zero-order valence-corrected chi connectivity index (χ0v) is 11.9. The fourth-order valence-corrected chi connectivity index (χ4v) is 2.66. The Balaban J connectivity index is 2.24. The van der Waals surface area contributed by atoms with Crippen molar-refractivity contribution in [1.82, 2.24) is 0 Å². The topological polar surface area (TPSA) is 46.5 Å². The number of unbranched alkanes of at least 4 members (excludes halogenated alkanes) is 1. The molecule has 3 heteroatoms. The zero-order chi connectivity index (χ0) is 13.4. The van der Waals surface area contributed by atoms with Crippen LogP contribution >= 0.6 is 0 Å². The summed E-state index contributed by atoms with van der Waals surface area (Å²) in [7, 11) is 0. The average Bonchev–Trinajstić information content (AvgIpc) is 2.37. The van der Waals surface area contributed by atoms with Crippen LogP contribution in [-0.4, -0.2) is 30.2 Å². The number of ketones is 1. The monoisotopic (exact) mass is 256 g/mol. The molecule has 0 aromatic heterocycles. The minimum atomic E-state index is -0.480. The second-order valence-electron chi connectivity index (χ2n) is 5.53. The number of hydrogen-bond acceptors (Lipinski definition) is 3. The van der Waals surface area contributed by atoms with E-state index in [1.807, 2.05) is 0 Å². The third-order valence-electron chi connectivity index (χ3n) is 3.96. The van der Waals surface area contributed by atoms with Crippen molar-refractivity contribution in [3.8, 4) is 0 Å². The third kappa shape index (κ3) is 5.49. The van der Waals surface area contributed by atoms with Gasteiger partial charge in [0.15, 0.2) is 0 Å². The molecule has 0 bridgehead atoms. The highest BCUT2D eigenvalue weighted by molar-refractivity contribution is 5.81. The molecule has 106 valence electrons. The summed E-state index contributed by atoms with van der Waals surface area (Å²) in [4.78, 5) is 11.8. The fourth-order valence-electron chi connectivity index (χ4n) is 2.66. The van der Waals surface area contributed by atoms with Gasteiger partial charge in [-0.1, -0.05) is 26.7 Å². The van der Waals surface area contributed by atoms with Crippen LogP contribution < -0.4 is 0 Å². The summed E-state index contributed by atoms with van der Waals surface area (Å²) in [5.74, 6) is 1.07. The summed E-state index contributed by atoms with van der Waals surface area (Å²) >= 11 is 0. The Morgan fingerprint density at radius 3 is 2.89 bits per heavy atom. The lowest BCUT2D eigenvalue weighted by Crippen LogP contribution is -2.30. The van der Waals surface area contributed by atoms with Crippen molar-refractivity contribution in [3.05, 3.63) is 0 Å². The Labute approximate surface area is 111 Å². The van der Waals surface area contributed by atoms with E-state index < -0.39 is 6.10 Å². The molecule has 0 aromatic carbocycles. The standard InChI is InChI=1S/C15H28O3/c1-3-5-8-18-11-14(16)10-13-9-12(4-2)6-7-15(13)17/h12-14,16H,3-11H2,1-2H3. The summed E-state index contributed by atoms with van der Waals surface area (Å²) < 4.78 is 5.40. The third-order valence-corrected chi connectivity index (χ3v) is 3.96.